The summed E-state index contributed by atoms with van der Waals surface area (Å²) in [6, 6.07) is 52.8. The van der Waals surface area contributed by atoms with E-state index in [4.69, 9.17) is 32.8 Å². The number of methoxy groups -OCH3 is 5. The van der Waals surface area contributed by atoms with Crippen LogP contribution in [0.1, 0.15) is 365 Å². The number of carbonyl (C=O) groups excluding carboxylic acids is 1. The molecule has 0 spiro atoms. The highest BCUT2D eigenvalue weighted by Gasteiger charge is 2.40. The van der Waals surface area contributed by atoms with Crippen molar-refractivity contribution in [1.82, 2.24) is 0 Å². The third-order valence-electron chi connectivity index (χ3n) is 24.1. The van der Waals surface area contributed by atoms with Gasteiger partial charge in [-0.15, -0.1) is 6.58 Å². The number of aryl methyl sites for hydroxylation is 8. The summed E-state index contributed by atoms with van der Waals surface area (Å²) in [5.41, 5.74) is 24.3. The van der Waals surface area contributed by atoms with Crippen LogP contribution in [0.2, 0.25) is 18.1 Å². The number of halogens is 3. The molecule has 0 saturated heterocycles. The van der Waals surface area contributed by atoms with Crippen molar-refractivity contribution in [2.24, 2.45) is 48.7 Å². The lowest BCUT2D eigenvalue weighted by atomic mass is 9.63. The van der Waals surface area contributed by atoms with Crippen LogP contribution in [0.15, 0.2) is 195 Å². The molecule has 14 heteroatoms. The Morgan fingerprint density at radius 1 is 0.336 bits per heavy atom. The third kappa shape index (κ3) is 60.7. The summed E-state index contributed by atoms with van der Waals surface area (Å²) in [4.78, 5) is 10.6. The fraction of sp³-hybridized carbons (Fsp3) is 0.574. The van der Waals surface area contributed by atoms with E-state index in [0.29, 0.717) is 57.2 Å². The van der Waals surface area contributed by atoms with E-state index in [1.165, 1.54) is 92.4 Å². The van der Waals surface area contributed by atoms with Gasteiger partial charge in [0.1, 0.15) is 53.5 Å². The minimum absolute atomic E-state index is 0.00298. The highest BCUT2D eigenvalue weighted by atomic mass is 28.4. The molecule has 8 rings (SSSR count). The number of carbonyl (C=O) groups is 1. The first kappa shape index (κ1) is 132. The summed E-state index contributed by atoms with van der Waals surface area (Å²) in [5, 5.41) is 0.320. The molecule has 0 aliphatic carbocycles. The average Bonchev–Trinajstić information content (AvgIpc) is 0.808. The molecule has 0 aliphatic heterocycles. The minimum atomic E-state index is -2.45. The van der Waals surface area contributed by atoms with Crippen molar-refractivity contribution in [1.29, 1.82) is 0 Å². The Labute approximate surface area is 874 Å². The zero-order valence-corrected chi connectivity index (χ0v) is 99.7. The summed E-state index contributed by atoms with van der Waals surface area (Å²) in [7, 11) is 6.41. The maximum atomic E-state index is 12.5. The lowest BCUT2D eigenvalue weighted by molar-refractivity contribution is -0.142. The third-order valence-corrected chi connectivity index (χ3v) is 28.9. The van der Waals surface area contributed by atoms with E-state index in [0.717, 1.165) is 153 Å². The van der Waals surface area contributed by atoms with Crippen LogP contribution in [-0.4, -0.2) is 55.4 Å². The number of hydrogen-bond donors (Lipinski definition) is 0. The van der Waals surface area contributed by atoms with E-state index in [-0.39, 0.29) is 33.6 Å². The van der Waals surface area contributed by atoms with Crippen molar-refractivity contribution in [3.05, 3.63) is 278 Å². The Morgan fingerprint density at radius 2 is 0.622 bits per heavy atom. The smallest absolute Gasteiger partial charge is 0.344 e. The topological polar surface area (TPSA) is 100 Å². The summed E-state index contributed by atoms with van der Waals surface area (Å²) in [6.07, 6.45) is 17.5. The number of allylic oxidation sites excluding steroid dienone is 2. The first-order chi connectivity index (χ1) is 65.5. The second-order valence-electron chi connectivity index (χ2n) is 51.3. The maximum Gasteiger partial charge on any atom is 0.344 e. The van der Waals surface area contributed by atoms with Gasteiger partial charge < -0.3 is 42.3 Å². The van der Waals surface area contributed by atoms with E-state index < -0.39 is 20.4 Å². The van der Waals surface area contributed by atoms with Crippen LogP contribution in [0, 0.1) is 48.7 Å². The molecule has 0 aromatic heterocycles. The second kappa shape index (κ2) is 60.3. The van der Waals surface area contributed by atoms with Gasteiger partial charge in [-0.05, 0) is 322 Å². The molecule has 0 heterocycles. The Kier molecular flexibility index (Phi) is 55.7. The Hall–Kier alpha value is -8.98. The summed E-state index contributed by atoms with van der Waals surface area (Å²) < 4.78 is 84.9. The molecular formula is C129H201F3O10Si. The zero-order valence-electron chi connectivity index (χ0n) is 98.7. The molecule has 10 nitrogen and oxygen atoms in total. The fourth-order valence-corrected chi connectivity index (χ4v) is 17.7. The Morgan fingerprint density at radius 3 is 0.860 bits per heavy atom. The van der Waals surface area contributed by atoms with Crippen molar-refractivity contribution in [3.8, 4) is 40.2 Å². The second-order valence-corrected chi connectivity index (χ2v) is 56.0. The first-order valence-corrected chi connectivity index (χ1v) is 55.2. The number of rotatable bonds is 33. The average molecular weight is 2000 g/mol. The molecule has 0 bridgehead atoms. The maximum absolute atomic E-state index is 12.5. The van der Waals surface area contributed by atoms with E-state index in [1.54, 1.807) is 40.6 Å². The van der Waals surface area contributed by atoms with Crippen LogP contribution in [0.25, 0.3) is 0 Å². The van der Waals surface area contributed by atoms with Crippen LogP contribution in [-0.2, 0) is 111 Å². The molecule has 0 saturated carbocycles. The molecule has 0 unspecified atom stereocenters. The Bertz CT molecular complexity index is 4580. The number of esters is 1. The molecule has 0 atom stereocenters. The summed E-state index contributed by atoms with van der Waals surface area (Å²) in [5.74, 6) is 4.31. The van der Waals surface area contributed by atoms with Crippen molar-refractivity contribution in [3.63, 3.8) is 0 Å². The lowest BCUT2D eigenvalue weighted by Gasteiger charge is -2.43. The Balaban J connectivity index is 0.000000869. The molecule has 143 heavy (non-hydrogen) atoms. The first-order valence-electron chi connectivity index (χ1n) is 52.3. The van der Waals surface area contributed by atoms with Gasteiger partial charge >= 0.3 is 18.1 Å². The van der Waals surface area contributed by atoms with E-state index in [2.05, 4.69) is 362 Å². The minimum Gasteiger partial charge on any atom is -0.497 e. The highest BCUT2D eigenvalue weighted by molar-refractivity contribution is 6.74. The SMILES string of the molecule is C=C(CC)CC(C)(C)C.C=CCc1ccc(CC(C)(C)C)cc1.CC(C)(C)CC(C)(C)C(C)(C)C.CC(C)(C)Cc1ccc(OC(F)=C(F)F)cc1.CC(C)(C)O[Si](C)(C)C(C)(C)C.CCc1cc(CC)cc(CCc2cc(CCc3cc(CC)cc(CC)c3)cc(CC(C)(C)C)c2)c1.COC(=O)CC(C)(C)C.COc1cc(COc2cc(CC(C)(C)C)cc(OCc3cc(OC)cc(OC)c3)c2)cc(OC)c1. The molecule has 0 amide bonds. The standard InChI is InChI=1S/C35H48.C29H36O6.C14H20.C13H15F3O.C12H26.C10H24OSi.C9H18.C7H14O2/c1-8-26-16-27(9-2)19-30(18-26)12-14-32-22-33(24-34(23-32)25-35(5,6)7)15-13-31-20-28(10-3)17-29(11-4)21-31;1-29(2,3)17-20-8-27(34-18-21-10-23(30-4)14-24(11-21)31-5)16-28(9-20)35-19-22-12-25(32-6)15-26(13-22)33-7;1-5-6-12-7-9-13(10-8-12)11-14(2,3)4;1-13(2,3)8-9-4-6-10(7-5-9)17-12(16)11(14)15;1-10(2,3)9-12(7,8)11(4,5)6;1-9(2,3)11-12(7,8)10(4,5)6;1-6-8(2)7-9(3,4)5;1-7(2,3)5-6(8)9-4/h16-24H,8-15,25H2,1-7H3;8-16H,17-19H2,1-7H3;5,7-10H,1,6,11H2,2-4H3;4-7H,8H2,1-3H3;9H2,1-8H3;1-8H3;2,6-7H2,1,3-5H3;5H2,1-4H3. The fourth-order valence-electron chi connectivity index (χ4n) is 15.8. The van der Waals surface area contributed by atoms with Gasteiger partial charge in [-0.3, -0.25) is 4.79 Å². The van der Waals surface area contributed by atoms with Crippen molar-refractivity contribution in [2.45, 2.75) is 402 Å². The monoisotopic (exact) mass is 2000 g/mol. The highest BCUT2D eigenvalue weighted by Crippen LogP contribution is 2.46. The normalized spacial score (nSPS) is 12.0. The molecule has 8 aromatic carbocycles. The van der Waals surface area contributed by atoms with Crippen molar-refractivity contribution in [2.75, 3.05) is 35.5 Å². The molecule has 0 fully saturated rings. The van der Waals surface area contributed by atoms with Crippen LogP contribution in [0.3, 0.4) is 0 Å². The van der Waals surface area contributed by atoms with Crippen LogP contribution >= 0.6 is 0 Å². The van der Waals surface area contributed by atoms with E-state index in [9.17, 15) is 18.0 Å². The van der Waals surface area contributed by atoms with Crippen molar-refractivity contribution < 1.29 is 60.3 Å². The lowest BCUT2D eigenvalue weighted by Crippen LogP contribution is -2.46. The van der Waals surface area contributed by atoms with E-state index in [1.807, 2.05) is 69.3 Å². The molecule has 0 aliphatic rings. The van der Waals surface area contributed by atoms with Crippen LogP contribution < -0.4 is 33.2 Å². The predicted molar refractivity (Wildman–Crippen MR) is 611 cm³/mol. The van der Waals surface area contributed by atoms with Gasteiger partial charge in [-0.2, -0.15) is 13.2 Å². The van der Waals surface area contributed by atoms with E-state index >= 15 is 0 Å². The number of ether oxygens (including phenoxy) is 8. The van der Waals surface area contributed by atoms with Gasteiger partial charge in [0.2, 0.25) is 0 Å². The van der Waals surface area contributed by atoms with Crippen LogP contribution in [0.5, 0.6) is 40.2 Å². The van der Waals surface area contributed by atoms with Gasteiger partial charge in [-0.1, -0.05) is 345 Å². The molecule has 0 N–H and O–H groups in total. The van der Waals surface area contributed by atoms with Crippen LogP contribution in [0.4, 0.5) is 13.2 Å². The summed E-state index contributed by atoms with van der Waals surface area (Å²) in [6.45, 7) is 95.7. The quantitative estimate of drug-likeness (QED) is 0.0171. The molecule has 0 radical (unpaired) electrons. The van der Waals surface area contributed by atoms with Crippen molar-refractivity contribution >= 4 is 14.3 Å². The summed E-state index contributed by atoms with van der Waals surface area (Å²) >= 11 is 0. The molecule has 8 aromatic rings. The van der Waals surface area contributed by atoms with Gasteiger partial charge in [0, 0.05) is 23.8 Å². The predicted octanol–water partition coefficient (Wildman–Crippen LogP) is 37.5. The van der Waals surface area contributed by atoms with Gasteiger partial charge in [0.25, 0.3) is 0 Å². The number of hydrogen-bond acceptors (Lipinski definition) is 10. The number of benzene rings is 8. The molecular weight excluding hydrogens is 1790 g/mol. The zero-order chi connectivity index (χ0) is 110. The van der Waals surface area contributed by atoms with Gasteiger partial charge in [0.15, 0.2) is 8.32 Å². The largest absolute Gasteiger partial charge is 0.497 e. The van der Waals surface area contributed by atoms with Gasteiger partial charge in [-0.25, -0.2) is 0 Å². The van der Waals surface area contributed by atoms with Gasteiger partial charge in [0.05, 0.1) is 42.0 Å². The molecule has 802 valence electrons.